The summed E-state index contributed by atoms with van der Waals surface area (Å²) in [5.41, 5.74) is 3.70. The first-order chi connectivity index (χ1) is 12.9. The molecule has 2 aromatic rings. The van der Waals surface area contributed by atoms with E-state index in [1.807, 2.05) is 12.1 Å². The Bertz CT molecular complexity index is 849. The number of hydrogen-bond donors (Lipinski definition) is 2. The summed E-state index contributed by atoms with van der Waals surface area (Å²) >= 11 is 6.16. The van der Waals surface area contributed by atoms with Gasteiger partial charge in [0.2, 0.25) is 5.91 Å². The van der Waals surface area contributed by atoms with Crippen molar-refractivity contribution in [2.45, 2.75) is 45.4 Å². The predicted octanol–water partition coefficient (Wildman–Crippen LogP) is 3.49. The first-order valence-electron chi connectivity index (χ1n) is 9.73. The quantitative estimate of drug-likeness (QED) is 0.841. The van der Waals surface area contributed by atoms with Crippen LogP contribution < -0.4 is 5.32 Å². The molecule has 146 valence electrons. The highest BCUT2D eigenvalue weighted by Gasteiger charge is 2.42. The molecule has 4 atom stereocenters. The summed E-state index contributed by atoms with van der Waals surface area (Å²) in [6.45, 7) is 6.85. The lowest BCUT2D eigenvalue weighted by Gasteiger charge is -2.37. The smallest absolute Gasteiger partial charge is 0.217 e. The molecule has 27 heavy (non-hydrogen) atoms. The molecule has 0 radical (unpaired) electrons. The van der Waals surface area contributed by atoms with Crippen molar-refractivity contribution in [2.24, 2.45) is 11.8 Å². The maximum atomic E-state index is 11.5. The van der Waals surface area contributed by atoms with Crippen molar-refractivity contribution >= 4 is 28.4 Å². The van der Waals surface area contributed by atoms with Crippen molar-refractivity contribution in [1.82, 2.24) is 15.2 Å². The summed E-state index contributed by atoms with van der Waals surface area (Å²) in [5.74, 6) is 1.29. The number of fused-ring (bicyclic) bond motifs is 2. The van der Waals surface area contributed by atoms with E-state index in [0.717, 1.165) is 43.0 Å². The minimum Gasteiger partial charge on any atom is -0.379 e. The molecule has 2 heterocycles. The molecule has 1 aliphatic carbocycles. The number of carbonyl (C=O) groups excluding carboxylic acids is 1. The Morgan fingerprint density at radius 2 is 2.07 bits per heavy atom. The number of aromatic nitrogens is 1. The number of rotatable bonds is 4. The van der Waals surface area contributed by atoms with Crippen LogP contribution in [0.25, 0.3) is 10.9 Å². The van der Waals surface area contributed by atoms with E-state index in [1.165, 1.54) is 16.6 Å². The highest BCUT2D eigenvalue weighted by molar-refractivity contribution is 6.31. The number of halogens is 1. The van der Waals surface area contributed by atoms with Gasteiger partial charge in [-0.25, -0.2) is 0 Å². The highest BCUT2D eigenvalue weighted by atomic mass is 35.5. The lowest BCUT2D eigenvalue weighted by atomic mass is 9.77. The molecular formula is C21H28ClN3O2. The van der Waals surface area contributed by atoms with E-state index in [9.17, 15) is 4.79 Å². The second kappa shape index (κ2) is 7.46. The highest BCUT2D eigenvalue weighted by Crippen LogP contribution is 2.38. The topological polar surface area (TPSA) is 57.4 Å². The van der Waals surface area contributed by atoms with Crippen LogP contribution >= 0.6 is 11.6 Å². The Labute approximate surface area is 165 Å². The molecule has 5 nitrogen and oxygen atoms in total. The minimum absolute atomic E-state index is 0.0303. The number of ether oxygens (including phenoxy) is 1. The zero-order valence-corrected chi connectivity index (χ0v) is 17.0. The van der Waals surface area contributed by atoms with E-state index in [2.05, 4.69) is 28.2 Å². The van der Waals surface area contributed by atoms with Gasteiger partial charge >= 0.3 is 0 Å². The van der Waals surface area contributed by atoms with Crippen LogP contribution in [-0.2, 0) is 16.1 Å². The second-order valence-corrected chi connectivity index (χ2v) is 8.62. The third-order valence-electron chi connectivity index (χ3n) is 6.39. The second-order valence-electron chi connectivity index (χ2n) is 8.19. The van der Waals surface area contributed by atoms with E-state index in [0.29, 0.717) is 11.8 Å². The normalized spacial score (nSPS) is 28.4. The van der Waals surface area contributed by atoms with E-state index in [1.54, 1.807) is 14.0 Å². The molecule has 2 fully saturated rings. The van der Waals surface area contributed by atoms with Crippen LogP contribution in [0.4, 0.5) is 0 Å². The van der Waals surface area contributed by atoms with Gasteiger partial charge in [-0.2, -0.15) is 0 Å². The van der Waals surface area contributed by atoms with Gasteiger partial charge in [-0.3, -0.25) is 9.69 Å². The van der Waals surface area contributed by atoms with Gasteiger partial charge in [0.1, 0.15) is 0 Å². The number of likely N-dealkylation sites (tertiary alicyclic amines) is 1. The molecular weight excluding hydrogens is 362 g/mol. The number of H-pyrrole nitrogens is 1. The summed E-state index contributed by atoms with van der Waals surface area (Å²) in [7, 11) is 1.76. The monoisotopic (exact) mass is 389 g/mol. The number of aromatic amines is 1. The van der Waals surface area contributed by atoms with Crippen LogP contribution in [0.3, 0.4) is 0 Å². The first-order valence-corrected chi connectivity index (χ1v) is 10.1. The Balaban J connectivity index is 1.47. The van der Waals surface area contributed by atoms with Crippen molar-refractivity contribution < 1.29 is 9.53 Å². The average Bonchev–Trinajstić information content (AvgIpc) is 3.14. The standard InChI is InChI=1S/C21H28ClN3O2/c1-12-17-8-16(22)4-5-18(17)24-20(12)11-25-9-14-6-19(23-13(2)26)21(27-3)7-15(14)10-25/h4-5,8,14-15,19,21,24H,6-7,9-11H2,1-3H3,(H,23,26)/t14-,15+,19-,21-/m1/s1. The summed E-state index contributed by atoms with van der Waals surface area (Å²) in [4.78, 5) is 17.6. The SMILES string of the molecule is CO[C@@H]1C[C@H]2CN(Cc3[nH]c4ccc(Cl)cc4c3C)C[C@H]2C[C@H]1NC(C)=O. The summed E-state index contributed by atoms with van der Waals surface area (Å²) in [5, 5.41) is 5.07. The molecule has 1 saturated carbocycles. The lowest BCUT2D eigenvalue weighted by Crippen LogP contribution is -2.49. The average molecular weight is 390 g/mol. The lowest BCUT2D eigenvalue weighted by molar-refractivity contribution is -0.121. The zero-order valence-electron chi connectivity index (χ0n) is 16.2. The fourth-order valence-electron chi connectivity index (χ4n) is 5.05. The molecule has 0 bridgehead atoms. The number of aryl methyl sites for hydroxylation is 1. The van der Waals surface area contributed by atoms with E-state index in [4.69, 9.17) is 16.3 Å². The largest absolute Gasteiger partial charge is 0.379 e. The van der Waals surface area contributed by atoms with Crippen LogP contribution in [0, 0.1) is 18.8 Å². The number of methoxy groups -OCH3 is 1. The van der Waals surface area contributed by atoms with Crippen molar-refractivity contribution in [3.63, 3.8) is 0 Å². The third-order valence-corrected chi connectivity index (χ3v) is 6.62. The van der Waals surface area contributed by atoms with Gasteiger partial charge in [0.25, 0.3) is 0 Å². The Morgan fingerprint density at radius 1 is 1.33 bits per heavy atom. The molecule has 6 heteroatoms. The predicted molar refractivity (Wildman–Crippen MR) is 108 cm³/mol. The zero-order chi connectivity index (χ0) is 19.1. The summed E-state index contributed by atoms with van der Waals surface area (Å²) in [6.07, 6.45) is 2.14. The fraction of sp³-hybridized carbons (Fsp3) is 0.571. The van der Waals surface area contributed by atoms with Gasteiger partial charge < -0.3 is 15.0 Å². The van der Waals surface area contributed by atoms with Gasteiger partial charge in [-0.05, 0) is 55.4 Å². The Hall–Kier alpha value is -1.56. The van der Waals surface area contributed by atoms with Crippen LogP contribution in [0.5, 0.6) is 0 Å². The molecule has 2 aliphatic rings. The number of carbonyl (C=O) groups is 1. The number of benzene rings is 1. The van der Waals surface area contributed by atoms with E-state index >= 15 is 0 Å². The maximum Gasteiger partial charge on any atom is 0.217 e. The van der Waals surface area contributed by atoms with Crippen LogP contribution in [0.15, 0.2) is 18.2 Å². The number of nitrogens with zero attached hydrogens (tertiary/aromatic N) is 1. The van der Waals surface area contributed by atoms with Crippen molar-refractivity contribution in [1.29, 1.82) is 0 Å². The van der Waals surface area contributed by atoms with Crippen LogP contribution in [0.1, 0.15) is 31.0 Å². The first kappa shape index (κ1) is 18.8. The molecule has 1 aliphatic heterocycles. The number of amides is 1. The molecule has 1 amide bonds. The van der Waals surface area contributed by atoms with Crippen LogP contribution in [-0.4, -0.2) is 48.1 Å². The van der Waals surface area contributed by atoms with Crippen molar-refractivity contribution in [3.8, 4) is 0 Å². The van der Waals surface area contributed by atoms with Crippen molar-refractivity contribution in [3.05, 3.63) is 34.5 Å². The van der Waals surface area contributed by atoms with E-state index < -0.39 is 0 Å². The van der Waals surface area contributed by atoms with Gasteiger partial charge in [-0.1, -0.05) is 11.6 Å². The summed E-state index contributed by atoms with van der Waals surface area (Å²) < 4.78 is 5.68. The fourth-order valence-corrected chi connectivity index (χ4v) is 5.22. The van der Waals surface area contributed by atoms with Gasteiger partial charge in [0, 0.05) is 55.3 Å². The Morgan fingerprint density at radius 3 is 2.78 bits per heavy atom. The van der Waals surface area contributed by atoms with Crippen LogP contribution in [0.2, 0.25) is 5.02 Å². The van der Waals surface area contributed by atoms with Crippen molar-refractivity contribution in [2.75, 3.05) is 20.2 Å². The summed E-state index contributed by atoms with van der Waals surface area (Å²) in [6, 6.07) is 6.16. The van der Waals surface area contributed by atoms with Gasteiger partial charge in [-0.15, -0.1) is 0 Å². The third kappa shape index (κ3) is 3.73. The molecule has 0 unspecified atom stereocenters. The molecule has 2 N–H and O–H groups in total. The maximum absolute atomic E-state index is 11.5. The molecule has 1 saturated heterocycles. The molecule has 4 rings (SSSR count). The van der Waals surface area contributed by atoms with E-state index in [-0.39, 0.29) is 18.1 Å². The molecule has 1 aromatic carbocycles. The number of nitrogens with one attached hydrogen (secondary N) is 2. The van der Waals surface area contributed by atoms with Gasteiger partial charge in [0.05, 0.1) is 12.1 Å². The Kier molecular flexibility index (Phi) is 5.19. The minimum atomic E-state index is 0.0303. The van der Waals surface area contributed by atoms with Gasteiger partial charge in [0.15, 0.2) is 0 Å². The molecule has 1 aromatic heterocycles. The molecule has 0 spiro atoms. The number of hydrogen-bond acceptors (Lipinski definition) is 3.